The van der Waals surface area contributed by atoms with Crippen molar-refractivity contribution in [3.8, 4) is 0 Å². The lowest BCUT2D eigenvalue weighted by atomic mass is 9.63. The summed E-state index contributed by atoms with van der Waals surface area (Å²) in [6.45, 7) is 14.9. The van der Waals surface area contributed by atoms with Crippen LogP contribution in [0.2, 0.25) is 0 Å². The molecule has 2 nitrogen and oxygen atoms in total. The van der Waals surface area contributed by atoms with Crippen molar-refractivity contribution in [1.82, 2.24) is 5.32 Å². The Balaban J connectivity index is 1.83. The summed E-state index contributed by atoms with van der Waals surface area (Å²) >= 11 is 0. The first-order valence-corrected chi connectivity index (χ1v) is 8.70. The molecule has 0 bridgehead atoms. The monoisotopic (exact) mass is 281 g/mol. The highest BCUT2D eigenvalue weighted by molar-refractivity contribution is 5.04. The van der Waals surface area contributed by atoms with Crippen LogP contribution in [0.3, 0.4) is 0 Å². The number of ether oxygens (including phenoxy) is 1. The van der Waals surface area contributed by atoms with E-state index in [0.717, 1.165) is 18.4 Å². The summed E-state index contributed by atoms with van der Waals surface area (Å²) in [5, 5.41) is 3.96. The van der Waals surface area contributed by atoms with Gasteiger partial charge < -0.3 is 10.1 Å². The Bertz CT molecular complexity index is 313. The summed E-state index contributed by atoms with van der Waals surface area (Å²) in [4.78, 5) is 0. The van der Waals surface area contributed by atoms with E-state index in [1.165, 1.54) is 25.7 Å². The molecule has 2 aliphatic rings. The van der Waals surface area contributed by atoms with Gasteiger partial charge in [0.25, 0.3) is 0 Å². The molecule has 2 rings (SSSR count). The Morgan fingerprint density at radius 2 is 1.90 bits per heavy atom. The average molecular weight is 281 g/mol. The smallest absolute Gasteiger partial charge is 0.0656 e. The number of rotatable bonds is 5. The lowest BCUT2D eigenvalue weighted by Crippen LogP contribution is -2.64. The second-order valence-corrected chi connectivity index (χ2v) is 8.37. The molecule has 2 fully saturated rings. The van der Waals surface area contributed by atoms with Crippen molar-refractivity contribution in [1.29, 1.82) is 0 Å². The quantitative estimate of drug-likeness (QED) is 0.814. The first-order chi connectivity index (χ1) is 9.32. The Morgan fingerprint density at radius 3 is 2.50 bits per heavy atom. The Labute approximate surface area is 126 Å². The Hall–Kier alpha value is -0.0800. The minimum Gasteiger partial charge on any atom is -0.377 e. The van der Waals surface area contributed by atoms with E-state index < -0.39 is 0 Å². The van der Waals surface area contributed by atoms with Gasteiger partial charge in [-0.2, -0.15) is 0 Å². The van der Waals surface area contributed by atoms with Crippen LogP contribution in [-0.2, 0) is 4.74 Å². The topological polar surface area (TPSA) is 21.3 Å². The summed E-state index contributed by atoms with van der Waals surface area (Å²) < 4.78 is 6.08. The molecule has 2 saturated carbocycles. The van der Waals surface area contributed by atoms with E-state index in [9.17, 15) is 0 Å². The fourth-order valence-corrected chi connectivity index (χ4v) is 3.84. The maximum Gasteiger partial charge on any atom is 0.0656 e. The molecule has 2 heteroatoms. The molecule has 2 aliphatic carbocycles. The molecule has 0 aromatic heterocycles. The van der Waals surface area contributed by atoms with Crippen LogP contribution in [0.1, 0.15) is 67.2 Å². The number of hydrogen-bond acceptors (Lipinski definition) is 2. The molecule has 5 unspecified atom stereocenters. The van der Waals surface area contributed by atoms with Crippen molar-refractivity contribution in [2.45, 2.75) is 85.4 Å². The van der Waals surface area contributed by atoms with E-state index in [1.807, 2.05) is 0 Å². The van der Waals surface area contributed by atoms with Gasteiger partial charge in [-0.15, -0.1) is 0 Å². The summed E-state index contributed by atoms with van der Waals surface area (Å²) in [5.41, 5.74) is 0.287. The van der Waals surface area contributed by atoms with Gasteiger partial charge in [-0.25, -0.2) is 0 Å². The third-order valence-corrected chi connectivity index (χ3v) is 5.93. The highest BCUT2D eigenvalue weighted by Crippen LogP contribution is 2.44. The van der Waals surface area contributed by atoms with Crippen molar-refractivity contribution < 1.29 is 4.74 Å². The first-order valence-electron chi connectivity index (χ1n) is 8.70. The maximum atomic E-state index is 6.08. The fraction of sp³-hybridized carbons (Fsp3) is 1.00. The van der Waals surface area contributed by atoms with E-state index in [4.69, 9.17) is 4.74 Å². The lowest BCUT2D eigenvalue weighted by Gasteiger charge is -2.54. The zero-order valence-corrected chi connectivity index (χ0v) is 14.4. The second-order valence-electron chi connectivity index (χ2n) is 8.37. The van der Waals surface area contributed by atoms with Gasteiger partial charge in [0.2, 0.25) is 0 Å². The lowest BCUT2D eigenvalue weighted by molar-refractivity contribution is -0.128. The molecule has 0 aromatic rings. The SMILES string of the molecule is CC(C)COC1CC(NC2CCCC(C)C2C)C1(C)C. The van der Waals surface area contributed by atoms with Gasteiger partial charge in [0.1, 0.15) is 0 Å². The molecule has 1 N–H and O–H groups in total. The van der Waals surface area contributed by atoms with Crippen molar-refractivity contribution >= 4 is 0 Å². The van der Waals surface area contributed by atoms with Gasteiger partial charge in [0.15, 0.2) is 0 Å². The van der Waals surface area contributed by atoms with Gasteiger partial charge in [-0.1, -0.05) is 54.4 Å². The summed E-state index contributed by atoms with van der Waals surface area (Å²) in [5.74, 6) is 2.32. The molecular formula is C18H35NO. The largest absolute Gasteiger partial charge is 0.377 e. The predicted octanol–water partition coefficient (Wildman–Crippen LogP) is 4.24. The van der Waals surface area contributed by atoms with Crippen LogP contribution >= 0.6 is 0 Å². The van der Waals surface area contributed by atoms with Crippen LogP contribution in [0.5, 0.6) is 0 Å². The molecule has 0 amide bonds. The zero-order chi connectivity index (χ0) is 14.9. The molecule has 20 heavy (non-hydrogen) atoms. The van der Waals surface area contributed by atoms with Crippen LogP contribution in [-0.4, -0.2) is 24.8 Å². The van der Waals surface area contributed by atoms with Crippen molar-refractivity contribution in [3.05, 3.63) is 0 Å². The summed E-state index contributed by atoms with van der Waals surface area (Å²) in [6, 6.07) is 1.35. The average Bonchev–Trinajstić information content (AvgIpc) is 2.37. The fourth-order valence-electron chi connectivity index (χ4n) is 3.84. The van der Waals surface area contributed by atoms with Crippen LogP contribution < -0.4 is 5.32 Å². The number of hydrogen-bond donors (Lipinski definition) is 1. The van der Waals surface area contributed by atoms with Gasteiger partial charge >= 0.3 is 0 Å². The second kappa shape index (κ2) is 6.36. The van der Waals surface area contributed by atoms with Crippen molar-refractivity contribution in [2.75, 3.05) is 6.61 Å². The van der Waals surface area contributed by atoms with E-state index in [2.05, 4.69) is 46.9 Å². The Morgan fingerprint density at radius 1 is 1.20 bits per heavy atom. The Kier molecular flexibility index (Phi) is 5.18. The van der Waals surface area contributed by atoms with Gasteiger partial charge in [0.05, 0.1) is 6.10 Å². The molecule has 0 radical (unpaired) electrons. The third kappa shape index (κ3) is 3.39. The molecule has 0 spiro atoms. The standard InChI is InChI=1S/C18H35NO/c1-12(2)11-20-17-10-16(18(17,5)6)19-15-9-7-8-13(3)14(15)4/h12-17,19H,7-11H2,1-6H3. The highest BCUT2D eigenvalue weighted by atomic mass is 16.5. The van der Waals surface area contributed by atoms with Crippen LogP contribution in [0.4, 0.5) is 0 Å². The van der Waals surface area contributed by atoms with Crippen LogP contribution in [0, 0.1) is 23.2 Å². The van der Waals surface area contributed by atoms with Crippen LogP contribution in [0.15, 0.2) is 0 Å². The minimum absolute atomic E-state index is 0.287. The first kappa shape index (κ1) is 16.3. The van der Waals surface area contributed by atoms with Crippen LogP contribution in [0.25, 0.3) is 0 Å². The number of nitrogens with one attached hydrogen (secondary N) is 1. The molecule has 0 aromatic carbocycles. The molecule has 0 heterocycles. The predicted molar refractivity (Wildman–Crippen MR) is 85.9 cm³/mol. The zero-order valence-electron chi connectivity index (χ0n) is 14.4. The third-order valence-electron chi connectivity index (χ3n) is 5.93. The maximum absolute atomic E-state index is 6.08. The van der Waals surface area contributed by atoms with E-state index in [1.54, 1.807) is 0 Å². The molecule has 118 valence electrons. The normalized spacial score (nSPS) is 40.6. The minimum atomic E-state index is 0.287. The summed E-state index contributed by atoms with van der Waals surface area (Å²) in [6.07, 6.45) is 5.79. The van der Waals surface area contributed by atoms with Gasteiger partial charge in [0, 0.05) is 24.1 Å². The van der Waals surface area contributed by atoms with E-state index in [-0.39, 0.29) is 5.41 Å². The molecular weight excluding hydrogens is 246 g/mol. The van der Waals surface area contributed by atoms with Gasteiger partial charge in [-0.05, 0) is 30.6 Å². The van der Waals surface area contributed by atoms with Gasteiger partial charge in [-0.3, -0.25) is 0 Å². The van der Waals surface area contributed by atoms with E-state index in [0.29, 0.717) is 24.1 Å². The molecule has 5 atom stereocenters. The summed E-state index contributed by atoms with van der Waals surface area (Å²) in [7, 11) is 0. The molecule has 0 saturated heterocycles. The van der Waals surface area contributed by atoms with Crippen molar-refractivity contribution in [3.63, 3.8) is 0 Å². The highest BCUT2D eigenvalue weighted by Gasteiger charge is 2.50. The van der Waals surface area contributed by atoms with Crippen molar-refractivity contribution in [2.24, 2.45) is 23.2 Å². The molecule has 0 aliphatic heterocycles. The van der Waals surface area contributed by atoms with E-state index >= 15 is 0 Å².